The van der Waals surface area contributed by atoms with Crippen LogP contribution in [0.25, 0.3) is 0 Å². The first kappa shape index (κ1) is 50.2. The maximum Gasteiger partial charge on any atom is 0.283 e. The molecular formula is C32H25Br3ClN7O16. The van der Waals surface area contributed by atoms with Gasteiger partial charge in [-0.25, -0.2) is 0 Å². The standard InChI is InChI=1S/C7H6BrNO3.C7H8N2O3.C6H4BrClO.C6H4BrNO3.C6H3N3O6/c2*1-12-7-3-5(8)2-6(4-7)9(10)11;7-4-1-5(8)3-6(9)2-4;7-4-1-5(8(10)11)3-6(9)2-4;10-7(11)4-1-5(8(12)13)3-6(2-4)9(14)15/h2-4H,1H3;2-4H,8H2,1H3;1-3,9H;1-3,9H;1-3H. The highest BCUT2D eigenvalue weighted by Gasteiger charge is 2.21. The largest absolute Gasteiger partial charge is 0.508 e. The molecule has 27 heteroatoms. The first-order valence-electron chi connectivity index (χ1n) is 14.9. The summed E-state index contributed by atoms with van der Waals surface area (Å²) in [4.78, 5) is 57.4. The van der Waals surface area contributed by atoms with E-state index in [-0.39, 0.29) is 28.6 Å². The van der Waals surface area contributed by atoms with Crippen LogP contribution in [0.1, 0.15) is 0 Å². The molecule has 0 aliphatic rings. The summed E-state index contributed by atoms with van der Waals surface area (Å²) in [6.07, 6.45) is 0. The van der Waals surface area contributed by atoms with Gasteiger partial charge in [0.05, 0.1) is 80.2 Å². The number of non-ortho nitro benzene ring substituents is 6. The summed E-state index contributed by atoms with van der Waals surface area (Å²) in [5, 5.41) is 80.1. The summed E-state index contributed by atoms with van der Waals surface area (Å²) >= 11 is 14.9. The smallest absolute Gasteiger partial charge is 0.283 e. The predicted molar refractivity (Wildman–Crippen MR) is 221 cm³/mol. The highest BCUT2D eigenvalue weighted by molar-refractivity contribution is 9.11. The van der Waals surface area contributed by atoms with E-state index in [9.17, 15) is 60.7 Å². The molecule has 59 heavy (non-hydrogen) atoms. The Morgan fingerprint density at radius 2 is 0.763 bits per heavy atom. The van der Waals surface area contributed by atoms with Crippen molar-refractivity contribution in [1.82, 2.24) is 0 Å². The first-order valence-corrected chi connectivity index (χ1v) is 17.7. The average Bonchev–Trinajstić information content (AvgIpc) is 3.14. The van der Waals surface area contributed by atoms with Crippen molar-refractivity contribution in [2.24, 2.45) is 0 Å². The summed E-state index contributed by atoms with van der Waals surface area (Å²) in [7, 11) is 2.89. The highest BCUT2D eigenvalue weighted by atomic mass is 79.9. The maximum absolute atomic E-state index is 10.4. The first-order chi connectivity index (χ1) is 27.4. The Bertz CT molecular complexity index is 2150. The lowest BCUT2D eigenvalue weighted by Gasteiger charge is -2.00. The number of benzene rings is 5. The second-order valence-corrected chi connectivity index (χ2v) is 13.5. The van der Waals surface area contributed by atoms with Crippen LogP contribution in [0.15, 0.2) is 104 Å². The Labute approximate surface area is 359 Å². The lowest BCUT2D eigenvalue weighted by Crippen LogP contribution is -1.96. The Balaban J connectivity index is 0.000000372. The number of nitrogen functional groups attached to an aromatic ring is 1. The molecule has 5 aromatic carbocycles. The van der Waals surface area contributed by atoms with Gasteiger partial charge in [0.15, 0.2) is 0 Å². The molecule has 312 valence electrons. The molecule has 0 fully saturated rings. The average molecular weight is 1040 g/mol. The summed E-state index contributed by atoms with van der Waals surface area (Å²) in [6, 6.07) is 19.1. The maximum atomic E-state index is 10.4. The van der Waals surface area contributed by atoms with Crippen LogP contribution in [0.4, 0.5) is 39.8 Å². The minimum atomic E-state index is -0.931. The quantitative estimate of drug-likeness (QED) is 0.0739. The number of nitrogens with zero attached hydrogens (tertiary/aromatic N) is 6. The van der Waals surface area contributed by atoms with Crippen LogP contribution >= 0.6 is 59.4 Å². The number of phenols is 2. The van der Waals surface area contributed by atoms with Gasteiger partial charge in [0, 0.05) is 48.4 Å². The molecule has 0 radical (unpaired) electrons. The summed E-state index contributed by atoms with van der Waals surface area (Å²) in [6.45, 7) is 0. The molecule has 0 aliphatic heterocycles. The topological polar surface area (TPSA) is 344 Å². The predicted octanol–water partition coefficient (Wildman–Crippen LogP) is 9.83. The summed E-state index contributed by atoms with van der Waals surface area (Å²) < 4.78 is 11.6. The fourth-order valence-electron chi connectivity index (χ4n) is 3.70. The lowest BCUT2D eigenvalue weighted by atomic mass is 10.2. The Kier molecular flexibility index (Phi) is 20.5. The van der Waals surface area contributed by atoms with Crippen molar-refractivity contribution in [2.75, 3.05) is 20.0 Å². The van der Waals surface area contributed by atoms with Crippen molar-refractivity contribution >= 4 is 99.2 Å². The number of nitro groups is 6. The number of nitrogens with two attached hydrogens (primary N) is 1. The van der Waals surface area contributed by atoms with E-state index in [1.165, 1.54) is 62.8 Å². The van der Waals surface area contributed by atoms with Crippen molar-refractivity contribution in [3.8, 4) is 23.0 Å². The van der Waals surface area contributed by atoms with E-state index in [1.54, 1.807) is 18.2 Å². The SMILES string of the molecule is COc1cc(Br)cc([N+](=O)[O-])c1.COc1cc(N)cc([N+](=O)[O-])c1.O=[N+]([O-])c1cc(O)cc(Br)c1.O=[N+]([O-])c1cc([N+](=O)[O-])cc([N+](=O)[O-])c1.Oc1cc(Cl)cc(Br)c1. The number of aromatic hydroxyl groups is 2. The molecule has 0 aliphatic carbocycles. The van der Waals surface area contributed by atoms with Gasteiger partial charge in [0.1, 0.15) is 23.0 Å². The van der Waals surface area contributed by atoms with Crippen LogP contribution in [-0.2, 0) is 0 Å². The molecule has 0 aromatic heterocycles. The Morgan fingerprint density at radius 3 is 1.10 bits per heavy atom. The number of phenolic OH excluding ortho intramolecular Hbond substituents is 2. The van der Waals surface area contributed by atoms with E-state index in [1.807, 2.05) is 0 Å². The van der Waals surface area contributed by atoms with Crippen molar-refractivity contribution in [3.05, 3.63) is 170 Å². The van der Waals surface area contributed by atoms with Gasteiger partial charge in [0.25, 0.3) is 34.1 Å². The van der Waals surface area contributed by atoms with Crippen molar-refractivity contribution in [1.29, 1.82) is 0 Å². The molecule has 0 heterocycles. The molecule has 0 atom stereocenters. The number of ether oxygens (including phenoxy) is 2. The number of hydrogen-bond donors (Lipinski definition) is 3. The Hall–Kier alpha value is -6.77. The van der Waals surface area contributed by atoms with E-state index in [4.69, 9.17) is 37.0 Å². The number of halogens is 4. The van der Waals surface area contributed by atoms with Crippen molar-refractivity contribution in [3.63, 3.8) is 0 Å². The zero-order chi connectivity index (χ0) is 45.1. The molecule has 5 rings (SSSR count). The van der Waals surface area contributed by atoms with Gasteiger partial charge in [-0.3, -0.25) is 60.7 Å². The van der Waals surface area contributed by atoms with Crippen LogP contribution in [-0.4, -0.2) is 54.0 Å². The molecule has 23 nitrogen and oxygen atoms in total. The summed E-state index contributed by atoms with van der Waals surface area (Å²) in [5.41, 5.74) is 3.48. The molecule has 0 amide bonds. The zero-order valence-corrected chi connectivity index (χ0v) is 35.1. The second kappa shape index (κ2) is 24.1. The van der Waals surface area contributed by atoms with E-state index in [0.717, 1.165) is 10.5 Å². The summed E-state index contributed by atoms with van der Waals surface area (Å²) in [5.74, 6) is 0.915. The fraction of sp³-hybridized carbons (Fsp3) is 0.0625. The van der Waals surface area contributed by atoms with Gasteiger partial charge in [-0.15, -0.1) is 0 Å². The number of methoxy groups -OCH3 is 2. The Morgan fingerprint density at radius 1 is 0.458 bits per heavy atom. The monoisotopic (exact) mass is 1030 g/mol. The normalized spacial score (nSPS) is 9.53. The third-order valence-electron chi connectivity index (χ3n) is 6.11. The van der Waals surface area contributed by atoms with E-state index in [0.29, 0.717) is 49.4 Å². The molecule has 5 aromatic rings. The van der Waals surface area contributed by atoms with Crippen molar-refractivity contribution in [2.45, 2.75) is 0 Å². The van der Waals surface area contributed by atoms with Crippen LogP contribution in [0.2, 0.25) is 5.02 Å². The minimum Gasteiger partial charge on any atom is -0.508 e. The number of rotatable bonds is 8. The van der Waals surface area contributed by atoms with Gasteiger partial charge in [0.2, 0.25) is 0 Å². The van der Waals surface area contributed by atoms with Crippen LogP contribution in [0.5, 0.6) is 23.0 Å². The molecule has 4 N–H and O–H groups in total. The molecule has 0 saturated carbocycles. The number of hydrogen-bond acceptors (Lipinski definition) is 17. The minimum absolute atomic E-state index is 0.0150. The highest BCUT2D eigenvalue weighted by Crippen LogP contribution is 2.28. The molecule has 0 spiro atoms. The lowest BCUT2D eigenvalue weighted by molar-refractivity contribution is -0.403. The third kappa shape index (κ3) is 18.8. The number of anilines is 1. The van der Waals surface area contributed by atoms with Gasteiger partial charge >= 0.3 is 0 Å². The van der Waals surface area contributed by atoms with Gasteiger partial charge in [-0.1, -0.05) is 59.4 Å². The molecular weight excluding hydrogens is 1010 g/mol. The second-order valence-electron chi connectivity index (χ2n) is 10.4. The molecule has 0 unspecified atom stereocenters. The van der Waals surface area contributed by atoms with Gasteiger partial charge in [-0.2, -0.15) is 0 Å². The zero-order valence-electron chi connectivity index (χ0n) is 29.5. The van der Waals surface area contributed by atoms with Gasteiger partial charge < -0.3 is 25.4 Å². The van der Waals surface area contributed by atoms with E-state index in [2.05, 4.69) is 47.8 Å². The van der Waals surface area contributed by atoms with E-state index >= 15 is 0 Å². The van der Waals surface area contributed by atoms with Crippen LogP contribution in [0.3, 0.4) is 0 Å². The fourth-order valence-corrected chi connectivity index (χ4v) is 5.47. The van der Waals surface area contributed by atoms with Crippen molar-refractivity contribution < 1.29 is 49.2 Å². The van der Waals surface area contributed by atoms with Crippen LogP contribution < -0.4 is 15.2 Å². The van der Waals surface area contributed by atoms with E-state index < -0.39 is 46.6 Å². The molecule has 0 bridgehead atoms. The third-order valence-corrected chi connectivity index (χ3v) is 7.70. The van der Waals surface area contributed by atoms with Gasteiger partial charge in [-0.05, 0) is 30.3 Å². The van der Waals surface area contributed by atoms with Crippen LogP contribution in [0, 0.1) is 60.7 Å². The number of nitro benzene ring substituents is 6. The molecule has 0 saturated heterocycles.